The van der Waals surface area contributed by atoms with E-state index in [4.69, 9.17) is 0 Å². The van der Waals surface area contributed by atoms with Gasteiger partial charge in [-0.15, -0.1) is 0 Å². The largest absolute Gasteiger partial charge is 0.393 e. The van der Waals surface area contributed by atoms with E-state index in [1.807, 2.05) is 6.07 Å². The molecule has 1 aromatic carbocycles. The number of Topliss-reactive ketones (excluding diaryl/α,β-unsaturated/α-hetero) is 1. The van der Waals surface area contributed by atoms with Crippen molar-refractivity contribution in [2.75, 3.05) is 17.2 Å². The number of ketones is 1. The van der Waals surface area contributed by atoms with Crippen molar-refractivity contribution in [3.8, 4) is 6.07 Å². The number of fused-ring (bicyclic) bond motifs is 1. The highest BCUT2D eigenvalue weighted by Gasteiger charge is 2.36. The fraction of sp³-hybridized carbons (Fsp3) is 0.520. The maximum atomic E-state index is 12.5. The smallest absolute Gasteiger partial charge is 0.224 e. The standard InChI is InChI=1S/C25H31N5O2/c1-15-5-4-6-18-19(21(31)11-20(15)18)9-10-27-24-28-14-16(13-26)23(30-24)29-17-7-8-22(32)25(2,3)12-17/h4-6,14,17,19,22,32H,7-12H2,1-3H3,(H2,27,28,29,30)/t17-,19?,22+/m1/s1. The summed E-state index contributed by atoms with van der Waals surface area (Å²) in [5, 5.41) is 26.3. The van der Waals surface area contributed by atoms with E-state index in [-0.39, 0.29) is 29.3 Å². The van der Waals surface area contributed by atoms with Gasteiger partial charge in [0.25, 0.3) is 0 Å². The number of hydrogen-bond donors (Lipinski definition) is 3. The Kier molecular flexibility index (Phi) is 6.16. The number of aromatic nitrogens is 2. The van der Waals surface area contributed by atoms with Crippen molar-refractivity contribution < 1.29 is 9.90 Å². The zero-order valence-electron chi connectivity index (χ0n) is 19.0. The van der Waals surface area contributed by atoms with Gasteiger partial charge >= 0.3 is 0 Å². The number of hydrogen-bond acceptors (Lipinski definition) is 7. The lowest BCUT2D eigenvalue weighted by molar-refractivity contribution is -0.119. The molecule has 4 rings (SSSR count). The number of aryl methyl sites for hydroxylation is 1. The molecule has 0 bridgehead atoms. The molecule has 3 atom stereocenters. The number of anilines is 2. The number of carbonyl (C=O) groups excluding carboxylic acids is 1. The van der Waals surface area contributed by atoms with E-state index in [1.54, 1.807) is 0 Å². The Labute approximate surface area is 189 Å². The van der Waals surface area contributed by atoms with Crippen LogP contribution < -0.4 is 10.6 Å². The highest BCUT2D eigenvalue weighted by Crippen LogP contribution is 2.37. The molecule has 2 aromatic rings. The van der Waals surface area contributed by atoms with E-state index in [9.17, 15) is 15.2 Å². The highest BCUT2D eigenvalue weighted by molar-refractivity contribution is 5.93. The van der Waals surface area contributed by atoms with Crippen molar-refractivity contribution in [1.82, 2.24) is 9.97 Å². The van der Waals surface area contributed by atoms with E-state index < -0.39 is 0 Å². The number of nitrogens with zero attached hydrogens (tertiary/aromatic N) is 3. The van der Waals surface area contributed by atoms with Gasteiger partial charge in [-0.25, -0.2) is 4.98 Å². The van der Waals surface area contributed by atoms with Gasteiger partial charge in [-0.1, -0.05) is 32.0 Å². The van der Waals surface area contributed by atoms with Crippen LogP contribution in [0.25, 0.3) is 0 Å². The second-order valence-corrected chi connectivity index (χ2v) is 9.75. The molecule has 1 unspecified atom stereocenters. The molecule has 7 heteroatoms. The fourth-order valence-electron chi connectivity index (χ4n) is 5.01. The molecule has 0 saturated heterocycles. The zero-order valence-corrected chi connectivity index (χ0v) is 19.0. The van der Waals surface area contributed by atoms with Gasteiger partial charge in [0.2, 0.25) is 5.95 Å². The maximum Gasteiger partial charge on any atom is 0.224 e. The van der Waals surface area contributed by atoms with Crippen LogP contribution in [0.2, 0.25) is 0 Å². The summed E-state index contributed by atoms with van der Waals surface area (Å²) in [6.45, 7) is 6.75. The summed E-state index contributed by atoms with van der Waals surface area (Å²) in [6.07, 6.45) is 4.75. The molecule has 2 aliphatic rings. The molecule has 2 aliphatic carbocycles. The van der Waals surface area contributed by atoms with Crippen LogP contribution in [0.4, 0.5) is 11.8 Å². The molecular weight excluding hydrogens is 402 g/mol. The third-order valence-electron chi connectivity index (χ3n) is 6.99. The lowest BCUT2D eigenvalue weighted by Gasteiger charge is -2.40. The van der Waals surface area contributed by atoms with E-state index in [2.05, 4.69) is 59.6 Å². The maximum absolute atomic E-state index is 12.5. The summed E-state index contributed by atoms with van der Waals surface area (Å²) in [5.41, 5.74) is 3.70. The summed E-state index contributed by atoms with van der Waals surface area (Å²) >= 11 is 0. The molecule has 7 nitrogen and oxygen atoms in total. The number of nitrogens with one attached hydrogen (secondary N) is 2. The minimum atomic E-state index is -0.314. The second-order valence-electron chi connectivity index (χ2n) is 9.75. The van der Waals surface area contributed by atoms with Crippen LogP contribution in [0.1, 0.15) is 67.7 Å². The summed E-state index contributed by atoms with van der Waals surface area (Å²) in [6, 6.07) is 8.42. The molecule has 1 fully saturated rings. The second kappa shape index (κ2) is 8.87. The van der Waals surface area contributed by atoms with Gasteiger partial charge < -0.3 is 15.7 Å². The van der Waals surface area contributed by atoms with Gasteiger partial charge in [0.1, 0.15) is 23.2 Å². The molecule has 168 valence electrons. The number of carbonyl (C=O) groups is 1. The van der Waals surface area contributed by atoms with Crippen molar-refractivity contribution in [2.24, 2.45) is 5.41 Å². The molecular formula is C25H31N5O2. The highest BCUT2D eigenvalue weighted by atomic mass is 16.3. The molecule has 0 aliphatic heterocycles. The average Bonchev–Trinajstić information content (AvgIpc) is 3.08. The normalized spacial score (nSPS) is 24.0. The fourth-order valence-corrected chi connectivity index (χ4v) is 5.01. The van der Waals surface area contributed by atoms with E-state index in [1.165, 1.54) is 17.3 Å². The van der Waals surface area contributed by atoms with Crippen molar-refractivity contribution >= 4 is 17.5 Å². The van der Waals surface area contributed by atoms with Crippen molar-refractivity contribution in [1.29, 1.82) is 5.26 Å². The lowest BCUT2D eigenvalue weighted by Crippen LogP contribution is -2.41. The lowest BCUT2D eigenvalue weighted by atomic mass is 9.73. The summed E-state index contributed by atoms with van der Waals surface area (Å²) in [4.78, 5) is 21.4. The Morgan fingerprint density at radius 2 is 2.12 bits per heavy atom. The van der Waals surface area contributed by atoms with Crippen LogP contribution in [0.15, 0.2) is 24.4 Å². The first-order valence-electron chi connectivity index (χ1n) is 11.3. The predicted molar refractivity (Wildman–Crippen MR) is 124 cm³/mol. The molecule has 0 radical (unpaired) electrons. The van der Waals surface area contributed by atoms with Gasteiger partial charge in [0.15, 0.2) is 0 Å². The summed E-state index contributed by atoms with van der Waals surface area (Å²) in [7, 11) is 0. The van der Waals surface area contributed by atoms with Crippen LogP contribution in [0, 0.1) is 23.7 Å². The van der Waals surface area contributed by atoms with Crippen LogP contribution in [-0.2, 0) is 11.2 Å². The van der Waals surface area contributed by atoms with Crippen LogP contribution in [0.3, 0.4) is 0 Å². The van der Waals surface area contributed by atoms with Crippen LogP contribution >= 0.6 is 0 Å². The SMILES string of the molecule is Cc1cccc2c1CC(=O)C2CCNc1ncc(C#N)c(N[C@@H]2CC[C@H](O)C(C)(C)C2)n1. The van der Waals surface area contributed by atoms with Gasteiger partial charge in [0.05, 0.1) is 12.3 Å². The van der Waals surface area contributed by atoms with Gasteiger partial charge in [0, 0.05) is 24.9 Å². The zero-order chi connectivity index (χ0) is 22.9. The quantitative estimate of drug-likeness (QED) is 0.637. The Hall–Kier alpha value is -2.98. The third kappa shape index (κ3) is 4.46. The van der Waals surface area contributed by atoms with Gasteiger partial charge in [-0.3, -0.25) is 4.79 Å². The first-order valence-corrected chi connectivity index (χ1v) is 11.3. The topological polar surface area (TPSA) is 111 Å². The predicted octanol–water partition coefficient (Wildman–Crippen LogP) is 3.72. The number of benzene rings is 1. The Bertz CT molecular complexity index is 1060. The van der Waals surface area contributed by atoms with E-state index in [0.29, 0.717) is 36.7 Å². The summed E-state index contributed by atoms with van der Waals surface area (Å²) < 4.78 is 0. The van der Waals surface area contributed by atoms with Crippen molar-refractivity contribution in [3.63, 3.8) is 0 Å². The Morgan fingerprint density at radius 3 is 2.88 bits per heavy atom. The molecule has 0 amide bonds. The van der Waals surface area contributed by atoms with Gasteiger partial charge in [-0.2, -0.15) is 10.2 Å². The third-order valence-corrected chi connectivity index (χ3v) is 6.99. The van der Waals surface area contributed by atoms with Crippen molar-refractivity contribution in [2.45, 2.75) is 70.9 Å². The molecule has 1 aromatic heterocycles. The van der Waals surface area contributed by atoms with E-state index >= 15 is 0 Å². The molecule has 3 N–H and O–H groups in total. The van der Waals surface area contributed by atoms with Crippen LogP contribution in [-0.4, -0.2) is 39.5 Å². The molecule has 1 saturated carbocycles. The summed E-state index contributed by atoms with van der Waals surface area (Å²) in [5.74, 6) is 1.13. The number of rotatable bonds is 6. The molecule has 0 spiro atoms. The molecule has 32 heavy (non-hydrogen) atoms. The van der Waals surface area contributed by atoms with E-state index in [0.717, 1.165) is 24.8 Å². The number of aliphatic hydroxyl groups excluding tert-OH is 1. The average molecular weight is 434 g/mol. The molecule has 1 heterocycles. The monoisotopic (exact) mass is 433 g/mol. The number of aliphatic hydroxyl groups is 1. The minimum absolute atomic E-state index is 0.0933. The Morgan fingerprint density at radius 1 is 1.31 bits per heavy atom. The Balaban J connectivity index is 1.41. The first kappa shape index (κ1) is 22.2. The number of nitriles is 1. The van der Waals surface area contributed by atoms with Gasteiger partial charge in [-0.05, 0) is 54.7 Å². The van der Waals surface area contributed by atoms with Crippen LogP contribution in [0.5, 0.6) is 0 Å². The first-order chi connectivity index (χ1) is 15.3. The van der Waals surface area contributed by atoms with Crippen molar-refractivity contribution in [3.05, 3.63) is 46.6 Å². The minimum Gasteiger partial charge on any atom is -0.393 e.